The van der Waals surface area contributed by atoms with Crippen molar-refractivity contribution in [2.24, 2.45) is 0 Å². The predicted octanol–water partition coefficient (Wildman–Crippen LogP) is 4.72. The van der Waals surface area contributed by atoms with Crippen molar-refractivity contribution < 1.29 is 0 Å². The highest BCUT2D eigenvalue weighted by Crippen LogP contribution is 2.28. The van der Waals surface area contributed by atoms with Gasteiger partial charge in [0.25, 0.3) is 0 Å². The Balaban J connectivity index is 2.35. The number of benzene rings is 2. The fraction of sp³-hybridized carbons (Fsp3) is 0.333. The third-order valence-electron chi connectivity index (χ3n) is 3.46. The van der Waals surface area contributed by atoms with Crippen molar-refractivity contribution in [1.29, 1.82) is 0 Å². The zero-order valence-corrected chi connectivity index (χ0v) is 12.1. The predicted molar refractivity (Wildman–Crippen MR) is 83.3 cm³/mol. The fourth-order valence-corrected chi connectivity index (χ4v) is 2.42. The Labute approximate surface area is 116 Å². The molecule has 2 aromatic rings. The molecule has 0 bridgehead atoms. The topological polar surface area (TPSA) is 12.0 Å². The van der Waals surface area contributed by atoms with E-state index in [1.54, 1.807) is 0 Å². The molecule has 1 atom stereocenters. The molecule has 0 spiro atoms. The summed E-state index contributed by atoms with van der Waals surface area (Å²) in [7, 11) is 0. The van der Waals surface area contributed by atoms with Gasteiger partial charge < -0.3 is 5.32 Å². The smallest absolute Gasteiger partial charge is 0.0297 e. The first-order valence-electron chi connectivity index (χ1n) is 7.11. The minimum atomic E-state index is 0.386. The highest BCUT2D eigenvalue weighted by Gasteiger charge is 2.10. The number of nitrogens with one attached hydrogen (secondary N) is 1. The van der Waals surface area contributed by atoms with E-state index in [1.807, 2.05) is 0 Å². The summed E-state index contributed by atoms with van der Waals surface area (Å²) in [6.45, 7) is 7.64. The first-order valence-corrected chi connectivity index (χ1v) is 7.11. The number of aryl methyl sites for hydroxylation is 1. The van der Waals surface area contributed by atoms with E-state index in [0.29, 0.717) is 6.04 Å². The lowest BCUT2D eigenvalue weighted by Gasteiger charge is -2.18. The first kappa shape index (κ1) is 13.8. The molecule has 1 nitrogen and oxygen atoms in total. The average Bonchev–Trinajstić information content (AvgIpc) is 2.45. The van der Waals surface area contributed by atoms with Crippen LogP contribution in [0.2, 0.25) is 0 Å². The van der Waals surface area contributed by atoms with Gasteiger partial charge in [0.15, 0.2) is 0 Å². The molecule has 19 heavy (non-hydrogen) atoms. The van der Waals surface area contributed by atoms with E-state index in [0.717, 1.165) is 13.0 Å². The summed E-state index contributed by atoms with van der Waals surface area (Å²) in [6, 6.07) is 17.8. The Morgan fingerprint density at radius 2 is 1.84 bits per heavy atom. The fourth-order valence-electron chi connectivity index (χ4n) is 2.42. The Morgan fingerprint density at radius 1 is 1.05 bits per heavy atom. The normalized spacial score (nSPS) is 12.4. The van der Waals surface area contributed by atoms with Gasteiger partial charge in [0.2, 0.25) is 0 Å². The lowest BCUT2D eigenvalue weighted by atomic mass is 9.94. The van der Waals surface area contributed by atoms with Crippen molar-refractivity contribution in [3.8, 4) is 11.1 Å². The summed E-state index contributed by atoms with van der Waals surface area (Å²) < 4.78 is 0. The van der Waals surface area contributed by atoms with Crippen LogP contribution < -0.4 is 5.32 Å². The second kappa shape index (κ2) is 6.53. The van der Waals surface area contributed by atoms with Crippen molar-refractivity contribution in [2.45, 2.75) is 33.2 Å². The van der Waals surface area contributed by atoms with Gasteiger partial charge >= 0.3 is 0 Å². The zero-order chi connectivity index (χ0) is 13.7. The van der Waals surface area contributed by atoms with Crippen LogP contribution in [0.4, 0.5) is 0 Å². The molecule has 0 amide bonds. The quantitative estimate of drug-likeness (QED) is 0.812. The molecule has 0 saturated heterocycles. The van der Waals surface area contributed by atoms with Gasteiger partial charge in [-0.25, -0.2) is 0 Å². The van der Waals surface area contributed by atoms with Crippen LogP contribution in [0.3, 0.4) is 0 Å². The minimum absolute atomic E-state index is 0.386. The summed E-state index contributed by atoms with van der Waals surface area (Å²) in [6.07, 6.45) is 1.16. The third kappa shape index (κ3) is 3.45. The Hall–Kier alpha value is -1.60. The molecule has 0 aliphatic carbocycles. The van der Waals surface area contributed by atoms with Crippen LogP contribution in [-0.2, 0) is 0 Å². The maximum absolute atomic E-state index is 3.57. The third-order valence-corrected chi connectivity index (χ3v) is 3.46. The number of rotatable bonds is 5. The van der Waals surface area contributed by atoms with E-state index in [1.165, 1.54) is 22.3 Å². The van der Waals surface area contributed by atoms with Crippen LogP contribution in [0.25, 0.3) is 11.1 Å². The summed E-state index contributed by atoms with van der Waals surface area (Å²) in [4.78, 5) is 0. The largest absolute Gasteiger partial charge is 0.310 e. The minimum Gasteiger partial charge on any atom is -0.310 e. The highest BCUT2D eigenvalue weighted by molar-refractivity contribution is 5.68. The van der Waals surface area contributed by atoms with Gasteiger partial charge in [0.1, 0.15) is 0 Å². The molecule has 0 fully saturated rings. The SMILES string of the molecule is CCCNC(C)c1ccccc1-c1cccc(C)c1. The van der Waals surface area contributed by atoms with Crippen LogP contribution >= 0.6 is 0 Å². The number of hydrogen-bond acceptors (Lipinski definition) is 1. The molecule has 1 N–H and O–H groups in total. The first-order chi connectivity index (χ1) is 9.22. The Kier molecular flexibility index (Phi) is 4.75. The maximum Gasteiger partial charge on any atom is 0.0297 e. The van der Waals surface area contributed by atoms with Crippen LogP contribution in [0.5, 0.6) is 0 Å². The van der Waals surface area contributed by atoms with Crippen molar-refractivity contribution in [3.05, 3.63) is 59.7 Å². The standard InChI is InChI=1S/C18H23N/c1-4-12-19-15(3)17-10-5-6-11-18(17)16-9-7-8-14(2)13-16/h5-11,13,15,19H,4,12H2,1-3H3. The molecule has 0 radical (unpaired) electrons. The monoisotopic (exact) mass is 253 g/mol. The van der Waals surface area contributed by atoms with E-state index in [4.69, 9.17) is 0 Å². The lowest BCUT2D eigenvalue weighted by molar-refractivity contribution is 0.572. The summed E-state index contributed by atoms with van der Waals surface area (Å²) in [5.41, 5.74) is 5.33. The summed E-state index contributed by atoms with van der Waals surface area (Å²) in [5.74, 6) is 0. The molecule has 1 unspecified atom stereocenters. The van der Waals surface area contributed by atoms with E-state index in [2.05, 4.69) is 74.6 Å². The van der Waals surface area contributed by atoms with E-state index in [9.17, 15) is 0 Å². The molecular weight excluding hydrogens is 230 g/mol. The van der Waals surface area contributed by atoms with Gasteiger partial charge in [0.05, 0.1) is 0 Å². The molecule has 0 saturated carbocycles. The van der Waals surface area contributed by atoms with E-state index < -0.39 is 0 Å². The molecule has 0 aliphatic heterocycles. The Bertz CT molecular complexity index is 531. The van der Waals surface area contributed by atoms with Crippen LogP contribution in [0.1, 0.15) is 37.4 Å². The van der Waals surface area contributed by atoms with Gasteiger partial charge in [-0.05, 0) is 43.5 Å². The molecule has 0 heterocycles. The van der Waals surface area contributed by atoms with Crippen LogP contribution in [0.15, 0.2) is 48.5 Å². The average molecular weight is 253 g/mol. The summed E-state index contributed by atoms with van der Waals surface area (Å²) >= 11 is 0. The molecule has 0 aliphatic rings. The van der Waals surface area contributed by atoms with Gasteiger partial charge in [0, 0.05) is 6.04 Å². The number of hydrogen-bond donors (Lipinski definition) is 1. The van der Waals surface area contributed by atoms with Gasteiger partial charge in [-0.1, -0.05) is 61.0 Å². The van der Waals surface area contributed by atoms with Crippen LogP contribution in [-0.4, -0.2) is 6.54 Å². The van der Waals surface area contributed by atoms with E-state index in [-0.39, 0.29) is 0 Å². The molecule has 2 rings (SSSR count). The second-order valence-electron chi connectivity index (χ2n) is 5.13. The molecule has 1 heteroatoms. The highest BCUT2D eigenvalue weighted by atomic mass is 14.9. The van der Waals surface area contributed by atoms with Crippen molar-refractivity contribution in [2.75, 3.05) is 6.54 Å². The van der Waals surface area contributed by atoms with Crippen molar-refractivity contribution >= 4 is 0 Å². The van der Waals surface area contributed by atoms with Gasteiger partial charge in [-0.2, -0.15) is 0 Å². The van der Waals surface area contributed by atoms with Gasteiger partial charge in [-0.15, -0.1) is 0 Å². The van der Waals surface area contributed by atoms with Crippen LogP contribution in [0, 0.1) is 6.92 Å². The van der Waals surface area contributed by atoms with Gasteiger partial charge in [-0.3, -0.25) is 0 Å². The molecule has 100 valence electrons. The Morgan fingerprint density at radius 3 is 2.58 bits per heavy atom. The molecule has 0 aromatic heterocycles. The van der Waals surface area contributed by atoms with Crippen molar-refractivity contribution in [3.63, 3.8) is 0 Å². The second-order valence-corrected chi connectivity index (χ2v) is 5.13. The van der Waals surface area contributed by atoms with E-state index >= 15 is 0 Å². The molecular formula is C18H23N. The molecule has 2 aromatic carbocycles. The maximum atomic E-state index is 3.57. The van der Waals surface area contributed by atoms with Crippen molar-refractivity contribution in [1.82, 2.24) is 5.32 Å². The zero-order valence-electron chi connectivity index (χ0n) is 12.1. The summed E-state index contributed by atoms with van der Waals surface area (Å²) in [5, 5.41) is 3.57. The lowest BCUT2D eigenvalue weighted by Crippen LogP contribution is -2.19.